The minimum atomic E-state index is -1.37. The number of anilines is 1. The van der Waals surface area contributed by atoms with Gasteiger partial charge in [-0.3, -0.25) is 10.1 Å². The molecule has 7 nitrogen and oxygen atoms in total. The largest absolute Gasteiger partial charge is 0.477 e. The first-order chi connectivity index (χ1) is 9.47. The van der Waals surface area contributed by atoms with Crippen molar-refractivity contribution in [2.24, 2.45) is 0 Å². The van der Waals surface area contributed by atoms with Crippen LogP contribution in [0.3, 0.4) is 0 Å². The highest BCUT2D eigenvalue weighted by Gasteiger charge is 2.20. The third kappa shape index (κ3) is 3.22. The second kappa shape index (κ2) is 5.85. The Morgan fingerprint density at radius 2 is 2.30 bits per heavy atom. The van der Waals surface area contributed by atoms with Crippen LogP contribution in [0, 0.1) is 10.1 Å². The molecule has 0 bridgehead atoms. The number of halogens is 1. The Morgan fingerprint density at radius 3 is 2.85 bits per heavy atom. The van der Waals surface area contributed by atoms with E-state index in [0.717, 1.165) is 17.1 Å². The summed E-state index contributed by atoms with van der Waals surface area (Å²) in [6.07, 6.45) is 0.924. The predicted octanol–water partition coefficient (Wildman–Crippen LogP) is 3.02. The highest BCUT2D eigenvalue weighted by atomic mass is 35.5. The average Bonchev–Trinajstić information content (AvgIpc) is 2.81. The fourth-order valence-corrected chi connectivity index (χ4v) is 2.51. The summed E-state index contributed by atoms with van der Waals surface area (Å²) in [5.74, 6) is -1.13. The molecule has 2 rings (SSSR count). The van der Waals surface area contributed by atoms with Crippen molar-refractivity contribution < 1.29 is 14.8 Å². The molecule has 2 aromatic heterocycles. The number of nitrogens with zero attached hydrogens (tertiary/aromatic N) is 2. The topological polar surface area (TPSA) is 105 Å². The van der Waals surface area contributed by atoms with Crippen molar-refractivity contribution in [3.05, 3.63) is 49.3 Å². The SMILES string of the molecule is O=C(O)c1cc(NCc2ccc(Cl)s2)ncc1[N+](=O)[O-]. The van der Waals surface area contributed by atoms with E-state index in [2.05, 4.69) is 10.3 Å². The van der Waals surface area contributed by atoms with Crippen LogP contribution in [0.4, 0.5) is 11.5 Å². The molecule has 9 heteroatoms. The fourth-order valence-electron chi connectivity index (χ4n) is 1.49. The molecule has 20 heavy (non-hydrogen) atoms. The van der Waals surface area contributed by atoms with Gasteiger partial charge in [-0.2, -0.15) is 0 Å². The molecule has 0 fully saturated rings. The number of carboxylic acid groups (broad SMARTS) is 1. The molecular weight excluding hydrogens is 306 g/mol. The Bertz CT molecular complexity index is 673. The maximum absolute atomic E-state index is 11.0. The molecule has 0 spiro atoms. The molecule has 0 unspecified atom stereocenters. The number of aromatic carboxylic acids is 1. The van der Waals surface area contributed by atoms with Gasteiger partial charge in [0.1, 0.15) is 17.6 Å². The zero-order valence-corrected chi connectivity index (χ0v) is 11.4. The number of aromatic nitrogens is 1. The van der Waals surface area contributed by atoms with Crippen LogP contribution in [0.1, 0.15) is 15.2 Å². The number of nitro groups is 1. The van der Waals surface area contributed by atoms with E-state index in [-0.39, 0.29) is 5.82 Å². The number of hydrogen-bond acceptors (Lipinski definition) is 6. The number of thiophene rings is 1. The van der Waals surface area contributed by atoms with Gasteiger partial charge in [-0.1, -0.05) is 11.6 Å². The summed E-state index contributed by atoms with van der Waals surface area (Å²) in [7, 11) is 0. The first-order valence-electron chi connectivity index (χ1n) is 5.33. The lowest BCUT2D eigenvalue weighted by molar-refractivity contribution is -0.385. The number of pyridine rings is 1. The Kier molecular flexibility index (Phi) is 4.16. The van der Waals surface area contributed by atoms with Crippen LogP contribution >= 0.6 is 22.9 Å². The highest BCUT2D eigenvalue weighted by molar-refractivity contribution is 7.16. The van der Waals surface area contributed by atoms with Crippen molar-refractivity contribution >= 4 is 40.4 Å². The van der Waals surface area contributed by atoms with Crippen LogP contribution in [0.5, 0.6) is 0 Å². The Labute approximate surface area is 122 Å². The molecule has 0 aliphatic heterocycles. The van der Waals surface area contributed by atoms with Gasteiger partial charge in [0.15, 0.2) is 0 Å². The lowest BCUT2D eigenvalue weighted by Gasteiger charge is -2.05. The van der Waals surface area contributed by atoms with Gasteiger partial charge < -0.3 is 10.4 Å². The Hall–Kier alpha value is -2.19. The lowest BCUT2D eigenvalue weighted by atomic mass is 10.2. The van der Waals surface area contributed by atoms with Crippen LogP contribution in [0.2, 0.25) is 4.34 Å². The van der Waals surface area contributed by atoms with Crippen molar-refractivity contribution in [2.45, 2.75) is 6.54 Å². The van der Waals surface area contributed by atoms with Gasteiger partial charge in [0.25, 0.3) is 0 Å². The van der Waals surface area contributed by atoms with E-state index in [9.17, 15) is 14.9 Å². The van der Waals surface area contributed by atoms with Gasteiger partial charge >= 0.3 is 11.7 Å². The van der Waals surface area contributed by atoms with Crippen molar-refractivity contribution in [3.8, 4) is 0 Å². The van der Waals surface area contributed by atoms with Crippen LogP contribution in [-0.4, -0.2) is 21.0 Å². The monoisotopic (exact) mass is 313 g/mol. The molecule has 2 heterocycles. The van der Waals surface area contributed by atoms with Gasteiger partial charge in [0.2, 0.25) is 0 Å². The predicted molar refractivity (Wildman–Crippen MR) is 74.5 cm³/mol. The van der Waals surface area contributed by atoms with E-state index in [0.29, 0.717) is 10.9 Å². The van der Waals surface area contributed by atoms with Gasteiger partial charge in [-0.05, 0) is 12.1 Å². The quantitative estimate of drug-likeness (QED) is 0.649. The van der Waals surface area contributed by atoms with Gasteiger partial charge in [-0.25, -0.2) is 9.78 Å². The summed E-state index contributed by atoms with van der Waals surface area (Å²) in [6, 6.07) is 4.70. The van der Waals surface area contributed by atoms with Gasteiger partial charge in [0, 0.05) is 10.9 Å². The number of carboxylic acids is 1. The van der Waals surface area contributed by atoms with Crippen LogP contribution in [-0.2, 0) is 6.54 Å². The van der Waals surface area contributed by atoms with Crippen LogP contribution in [0.15, 0.2) is 24.4 Å². The van der Waals surface area contributed by atoms with E-state index < -0.39 is 22.1 Å². The first kappa shape index (κ1) is 14.2. The van der Waals surface area contributed by atoms with E-state index in [4.69, 9.17) is 16.7 Å². The zero-order chi connectivity index (χ0) is 14.7. The summed E-state index contributed by atoms with van der Waals surface area (Å²) in [5.41, 5.74) is -0.945. The van der Waals surface area contributed by atoms with Crippen LogP contribution < -0.4 is 5.32 Å². The summed E-state index contributed by atoms with van der Waals surface area (Å²) >= 11 is 7.16. The molecule has 0 aromatic carbocycles. The van der Waals surface area contributed by atoms with Gasteiger partial charge in [0.05, 0.1) is 15.8 Å². The molecule has 0 saturated carbocycles. The maximum atomic E-state index is 11.0. The molecule has 2 aromatic rings. The molecule has 2 N–H and O–H groups in total. The summed E-state index contributed by atoms with van der Waals surface area (Å²) in [5, 5.41) is 22.5. The van der Waals surface area contributed by atoms with Crippen molar-refractivity contribution in [1.82, 2.24) is 4.98 Å². The molecule has 0 saturated heterocycles. The molecule has 0 atom stereocenters. The minimum Gasteiger partial charge on any atom is -0.477 e. The van der Waals surface area contributed by atoms with E-state index in [1.54, 1.807) is 6.07 Å². The smallest absolute Gasteiger partial charge is 0.342 e. The molecular formula is C11H8ClN3O4S. The summed E-state index contributed by atoms with van der Waals surface area (Å²) in [6.45, 7) is 0.404. The average molecular weight is 314 g/mol. The third-order valence-electron chi connectivity index (χ3n) is 2.38. The van der Waals surface area contributed by atoms with E-state index >= 15 is 0 Å². The first-order valence-corrected chi connectivity index (χ1v) is 6.52. The van der Waals surface area contributed by atoms with Gasteiger partial charge in [-0.15, -0.1) is 11.3 Å². The number of rotatable bonds is 5. The van der Waals surface area contributed by atoms with E-state index in [1.165, 1.54) is 11.3 Å². The van der Waals surface area contributed by atoms with E-state index in [1.807, 2.05) is 6.07 Å². The zero-order valence-electron chi connectivity index (χ0n) is 9.87. The van der Waals surface area contributed by atoms with Crippen molar-refractivity contribution in [3.63, 3.8) is 0 Å². The number of hydrogen-bond donors (Lipinski definition) is 2. The molecule has 0 aliphatic rings. The highest BCUT2D eigenvalue weighted by Crippen LogP contribution is 2.23. The normalized spacial score (nSPS) is 10.2. The molecule has 0 amide bonds. The third-order valence-corrected chi connectivity index (χ3v) is 3.61. The molecule has 104 valence electrons. The second-order valence-electron chi connectivity index (χ2n) is 3.71. The summed E-state index contributed by atoms with van der Waals surface area (Å²) < 4.78 is 0.643. The minimum absolute atomic E-state index is 0.248. The van der Waals surface area contributed by atoms with Crippen LogP contribution in [0.25, 0.3) is 0 Å². The second-order valence-corrected chi connectivity index (χ2v) is 5.51. The van der Waals surface area contributed by atoms with Crippen molar-refractivity contribution in [2.75, 3.05) is 5.32 Å². The number of nitrogens with one attached hydrogen (secondary N) is 1. The van der Waals surface area contributed by atoms with Crippen molar-refractivity contribution in [1.29, 1.82) is 0 Å². The molecule has 0 radical (unpaired) electrons. The Balaban J connectivity index is 2.18. The standard InChI is InChI=1S/C11H8ClN3O4S/c12-9-2-1-6(20-9)4-13-10-3-7(11(16)17)8(5-14-10)15(18)19/h1-3,5H,4H2,(H,13,14)(H,16,17). The number of carbonyl (C=O) groups is 1. The Morgan fingerprint density at radius 1 is 1.55 bits per heavy atom. The maximum Gasteiger partial charge on any atom is 0.342 e. The summed E-state index contributed by atoms with van der Waals surface area (Å²) in [4.78, 5) is 25.6. The lowest BCUT2D eigenvalue weighted by Crippen LogP contribution is -2.06. The molecule has 0 aliphatic carbocycles. The fraction of sp³-hybridized carbons (Fsp3) is 0.0909.